The average Bonchev–Trinajstić information content (AvgIpc) is 2.45. The zero-order valence-corrected chi connectivity index (χ0v) is 11.2. The molecule has 0 radical (unpaired) electrons. The highest BCUT2D eigenvalue weighted by Gasteiger charge is 2.37. The van der Waals surface area contributed by atoms with Crippen LogP contribution in [0.25, 0.3) is 0 Å². The third-order valence-electron chi connectivity index (χ3n) is 4.77. The van der Waals surface area contributed by atoms with Gasteiger partial charge in [-0.2, -0.15) is 13.2 Å². The fourth-order valence-corrected chi connectivity index (χ4v) is 3.61. The molecule has 0 amide bonds. The molecule has 5 heteroatoms. The van der Waals surface area contributed by atoms with Gasteiger partial charge < -0.3 is 11.1 Å². The number of benzene rings is 1. The summed E-state index contributed by atoms with van der Waals surface area (Å²) in [6, 6.07) is 4.06. The first-order chi connectivity index (χ1) is 9.49. The molecule has 3 unspecified atom stereocenters. The Morgan fingerprint density at radius 2 is 2.05 bits per heavy atom. The highest BCUT2D eigenvalue weighted by Crippen LogP contribution is 2.46. The maximum Gasteiger partial charge on any atom is 0.416 e. The monoisotopic (exact) mass is 284 g/mol. The van der Waals surface area contributed by atoms with Crippen LogP contribution in [0.15, 0.2) is 18.2 Å². The Labute approximate surface area is 116 Å². The summed E-state index contributed by atoms with van der Waals surface area (Å²) in [5.41, 5.74) is 6.89. The second-order valence-corrected chi connectivity index (χ2v) is 5.96. The Morgan fingerprint density at radius 3 is 2.75 bits per heavy atom. The van der Waals surface area contributed by atoms with E-state index in [2.05, 4.69) is 5.32 Å². The van der Waals surface area contributed by atoms with Gasteiger partial charge in [-0.1, -0.05) is 0 Å². The minimum Gasteiger partial charge on any atom is -0.385 e. The fourth-order valence-electron chi connectivity index (χ4n) is 3.61. The molecule has 1 fully saturated rings. The normalized spacial score (nSPS) is 29.3. The van der Waals surface area contributed by atoms with Crippen molar-refractivity contribution in [3.8, 4) is 0 Å². The SMILES string of the molecule is NCC1CCC2CNc3ccc(C(F)(F)F)cc3C2C1. The number of rotatable bonds is 1. The van der Waals surface area contributed by atoms with Gasteiger partial charge in [0.15, 0.2) is 0 Å². The van der Waals surface area contributed by atoms with Gasteiger partial charge in [0, 0.05) is 12.2 Å². The Bertz CT molecular complexity index is 498. The molecule has 1 saturated carbocycles. The van der Waals surface area contributed by atoms with Crippen LogP contribution < -0.4 is 11.1 Å². The smallest absolute Gasteiger partial charge is 0.385 e. The summed E-state index contributed by atoms with van der Waals surface area (Å²) in [5.74, 6) is 1.10. The van der Waals surface area contributed by atoms with Gasteiger partial charge in [0.1, 0.15) is 0 Å². The topological polar surface area (TPSA) is 38.0 Å². The molecule has 0 bridgehead atoms. The van der Waals surface area contributed by atoms with Crippen molar-refractivity contribution in [1.29, 1.82) is 0 Å². The molecule has 2 aliphatic rings. The van der Waals surface area contributed by atoms with Crippen LogP contribution in [-0.2, 0) is 6.18 Å². The van der Waals surface area contributed by atoms with Gasteiger partial charge in [0.2, 0.25) is 0 Å². The molecule has 20 heavy (non-hydrogen) atoms. The first kappa shape index (κ1) is 13.7. The lowest BCUT2D eigenvalue weighted by atomic mass is 9.69. The highest BCUT2D eigenvalue weighted by molar-refractivity contribution is 5.57. The molecule has 3 atom stereocenters. The van der Waals surface area contributed by atoms with Crippen molar-refractivity contribution in [1.82, 2.24) is 0 Å². The van der Waals surface area contributed by atoms with Crippen molar-refractivity contribution in [3.05, 3.63) is 29.3 Å². The van der Waals surface area contributed by atoms with Gasteiger partial charge in [-0.25, -0.2) is 0 Å². The summed E-state index contributed by atoms with van der Waals surface area (Å²) in [6.45, 7) is 1.49. The van der Waals surface area contributed by atoms with Crippen LogP contribution in [0.5, 0.6) is 0 Å². The first-order valence-corrected chi connectivity index (χ1v) is 7.14. The van der Waals surface area contributed by atoms with E-state index in [0.29, 0.717) is 18.4 Å². The number of halogens is 3. The summed E-state index contributed by atoms with van der Waals surface area (Å²) in [4.78, 5) is 0. The molecular weight excluding hydrogens is 265 g/mol. The number of nitrogens with one attached hydrogen (secondary N) is 1. The van der Waals surface area contributed by atoms with Crippen LogP contribution in [0, 0.1) is 11.8 Å². The van der Waals surface area contributed by atoms with Gasteiger partial charge in [-0.05, 0) is 67.3 Å². The fraction of sp³-hybridized carbons (Fsp3) is 0.600. The van der Waals surface area contributed by atoms with E-state index < -0.39 is 11.7 Å². The molecule has 0 spiro atoms. The van der Waals surface area contributed by atoms with Crippen LogP contribution in [0.2, 0.25) is 0 Å². The highest BCUT2D eigenvalue weighted by atomic mass is 19.4. The molecule has 110 valence electrons. The van der Waals surface area contributed by atoms with Crippen LogP contribution >= 0.6 is 0 Å². The molecule has 2 nitrogen and oxygen atoms in total. The van der Waals surface area contributed by atoms with E-state index >= 15 is 0 Å². The molecule has 1 aromatic rings. The lowest BCUT2D eigenvalue weighted by Crippen LogP contribution is -2.35. The van der Waals surface area contributed by atoms with Crippen molar-refractivity contribution in [2.45, 2.75) is 31.4 Å². The van der Waals surface area contributed by atoms with E-state index in [-0.39, 0.29) is 5.92 Å². The van der Waals surface area contributed by atoms with Crippen LogP contribution in [0.3, 0.4) is 0 Å². The first-order valence-electron chi connectivity index (χ1n) is 7.14. The molecule has 1 aromatic carbocycles. The van der Waals surface area contributed by atoms with Crippen molar-refractivity contribution in [2.24, 2.45) is 17.6 Å². The van der Waals surface area contributed by atoms with E-state index in [0.717, 1.165) is 43.1 Å². The summed E-state index contributed by atoms with van der Waals surface area (Å²) >= 11 is 0. The van der Waals surface area contributed by atoms with Crippen molar-refractivity contribution < 1.29 is 13.2 Å². The largest absolute Gasteiger partial charge is 0.416 e. The number of hydrogen-bond donors (Lipinski definition) is 2. The second kappa shape index (κ2) is 4.95. The van der Waals surface area contributed by atoms with Gasteiger partial charge in [0.25, 0.3) is 0 Å². The van der Waals surface area contributed by atoms with Gasteiger partial charge >= 0.3 is 6.18 Å². The standard InChI is InChI=1S/C15H19F3N2/c16-15(17,18)11-3-4-14-13(6-11)12-5-9(7-19)1-2-10(12)8-20-14/h3-4,6,9-10,12,20H,1-2,5,7-8,19H2. The van der Waals surface area contributed by atoms with Gasteiger partial charge in [0.05, 0.1) is 5.56 Å². The van der Waals surface area contributed by atoms with Crippen molar-refractivity contribution in [3.63, 3.8) is 0 Å². The molecule has 3 N–H and O–H groups in total. The van der Waals surface area contributed by atoms with E-state index in [4.69, 9.17) is 5.73 Å². The molecule has 0 aromatic heterocycles. The van der Waals surface area contributed by atoms with E-state index in [9.17, 15) is 13.2 Å². The number of fused-ring (bicyclic) bond motifs is 3. The Morgan fingerprint density at radius 1 is 1.25 bits per heavy atom. The maximum atomic E-state index is 12.9. The zero-order chi connectivity index (χ0) is 14.3. The average molecular weight is 284 g/mol. The lowest BCUT2D eigenvalue weighted by Gasteiger charge is -2.41. The van der Waals surface area contributed by atoms with Gasteiger partial charge in [-0.3, -0.25) is 0 Å². The molecule has 3 rings (SSSR count). The van der Waals surface area contributed by atoms with Crippen LogP contribution in [0.1, 0.15) is 36.3 Å². The van der Waals surface area contributed by atoms with E-state index in [1.165, 1.54) is 6.07 Å². The van der Waals surface area contributed by atoms with Crippen molar-refractivity contribution in [2.75, 3.05) is 18.4 Å². The quantitative estimate of drug-likeness (QED) is 0.827. The number of nitrogens with two attached hydrogens (primary N) is 1. The number of hydrogen-bond acceptors (Lipinski definition) is 2. The summed E-state index contributed by atoms with van der Waals surface area (Å²) in [5, 5.41) is 3.27. The van der Waals surface area contributed by atoms with E-state index in [1.807, 2.05) is 0 Å². The molecule has 0 saturated heterocycles. The second-order valence-electron chi connectivity index (χ2n) is 5.96. The Balaban J connectivity index is 1.96. The zero-order valence-electron chi connectivity index (χ0n) is 11.2. The number of anilines is 1. The molecular formula is C15H19F3N2. The van der Waals surface area contributed by atoms with Gasteiger partial charge in [-0.15, -0.1) is 0 Å². The predicted octanol–water partition coefficient (Wildman–Crippen LogP) is 3.59. The summed E-state index contributed by atoms with van der Waals surface area (Å²) < 4.78 is 38.7. The van der Waals surface area contributed by atoms with E-state index in [1.54, 1.807) is 6.07 Å². The Hall–Kier alpha value is -1.23. The molecule has 1 aliphatic heterocycles. The summed E-state index contributed by atoms with van der Waals surface area (Å²) in [7, 11) is 0. The Kier molecular flexibility index (Phi) is 3.40. The van der Waals surface area contributed by atoms with Crippen LogP contribution in [-0.4, -0.2) is 13.1 Å². The predicted molar refractivity (Wildman–Crippen MR) is 72.6 cm³/mol. The van der Waals surface area contributed by atoms with Crippen molar-refractivity contribution >= 4 is 5.69 Å². The minimum atomic E-state index is -4.27. The summed E-state index contributed by atoms with van der Waals surface area (Å²) in [6.07, 6.45) is -1.22. The third kappa shape index (κ3) is 2.39. The minimum absolute atomic E-state index is 0.218. The molecule has 1 aliphatic carbocycles. The third-order valence-corrected chi connectivity index (χ3v) is 4.77. The number of alkyl halides is 3. The maximum absolute atomic E-state index is 12.9. The molecule has 1 heterocycles. The van der Waals surface area contributed by atoms with Crippen LogP contribution in [0.4, 0.5) is 18.9 Å². The lowest BCUT2D eigenvalue weighted by molar-refractivity contribution is -0.137.